The normalized spacial score (nSPS) is 19.6. The highest BCUT2D eigenvalue weighted by molar-refractivity contribution is 5.90. The third kappa shape index (κ3) is 11.0. The Morgan fingerprint density at radius 3 is 2.07 bits per heavy atom. The zero-order valence-corrected chi connectivity index (χ0v) is 26.4. The zero-order valence-electron chi connectivity index (χ0n) is 26.4. The number of unbranched alkanes of at least 4 members (excludes halogenated alkanes) is 5. The largest absolute Gasteiger partial charge is 0.462 e. The smallest absolute Gasteiger partial charge is 0.338 e. The van der Waals surface area contributed by atoms with E-state index in [9.17, 15) is 10.1 Å². The summed E-state index contributed by atoms with van der Waals surface area (Å²) in [4.78, 5) is 12.5. The molecule has 2 aromatic carbocycles. The Morgan fingerprint density at radius 2 is 1.46 bits per heavy atom. The SMILES string of the molecule is CCCCCCCCC1(C#N)CCC(c2ccc(-c3ccc(C(=O)OCC[C@H](C)CCCC(C)C)cc3)cc2)CC1. The van der Waals surface area contributed by atoms with E-state index in [1.165, 1.54) is 63.4 Å². The Balaban J connectivity index is 1.43. The molecular formula is C38H55NO2. The number of benzene rings is 2. The fourth-order valence-electron chi connectivity index (χ4n) is 6.37. The van der Waals surface area contributed by atoms with Gasteiger partial charge in [0.05, 0.1) is 23.7 Å². The number of rotatable bonds is 17. The summed E-state index contributed by atoms with van der Waals surface area (Å²) >= 11 is 0. The summed E-state index contributed by atoms with van der Waals surface area (Å²) in [6, 6.07) is 19.4. The molecule has 1 fully saturated rings. The molecule has 1 aliphatic rings. The van der Waals surface area contributed by atoms with Gasteiger partial charge in [0.2, 0.25) is 0 Å². The van der Waals surface area contributed by atoms with E-state index in [4.69, 9.17) is 4.74 Å². The van der Waals surface area contributed by atoms with Crippen LogP contribution in [0.5, 0.6) is 0 Å². The second-order valence-electron chi connectivity index (χ2n) is 13.2. The number of carbonyl (C=O) groups excluding carboxylic acids is 1. The quantitative estimate of drug-likeness (QED) is 0.143. The Hall–Kier alpha value is -2.60. The van der Waals surface area contributed by atoms with E-state index in [2.05, 4.69) is 58.0 Å². The van der Waals surface area contributed by atoms with Gasteiger partial charge in [-0.05, 0) is 85.1 Å². The van der Waals surface area contributed by atoms with Gasteiger partial charge in [0.25, 0.3) is 0 Å². The van der Waals surface area contributed by atoms with Gasteiger partial charge in [-0.2, -0.15) is 5.26 Å². The van der Waals surface area contributed by atoms with Crippen molar-refractivity contribution in [2.75, 3.05) is 6.61 Å². The number of nitrogens with zero attached hydrogens (tertiary/aromatic N) is 1. The minimum Gasteiger partial charge on any atom is -0.462 e. The maximum atomic E-state index is 12.5. The van der Waals surface area contributed by atoms with E-state index in [1.807, 2.05) is 24.3 Å². The summed E-state index contributed by atoms with van der Waals surface area (Å²) in [5, 5.41) is 9.98. The van der Waals surface area contributed by atoms with Gasteiger partial charge in [-0.3, -0.25) is 0 Å². The molecule has 0 saturated heterocycles. The van der Waals surface area contributed by atoms with Crippen LogP contribution in [0.15, 0.2) is 48.5 Å². The molecule has 1 aliphatic carbocycles. The third-order valence-corrected chi connectivity index (χ3v) is 9.35. The number of carbonyl (C=O) groups is 1. The Labute approximate surface area is 251 Å². The lowest BCUT2D eigenvalue weighted by molar-refractivity contribution is 0.0483. The Bertz CT molecular complexity index is 1050. The van der Waals surface area contributed by atoms with Crippen LogP contribution in [-0.2, 0) is 4.74 Å². The van der Waals surface area contributed by atoms with Crippen LogP contribution in [0, 0.1) is 28.6 Å². The molecule has 3 rings (SSSR count). The number of nitriles is 1. The predicted octanol–water partition coefficient (Wildman–Crippen LogP) is 11.3. The molecule has 0 spiro atoms. The maximum Gasteiger partial charge on any atom is 0.338 e. The molecule has 2 aromatic rings. The summed E-state index contributed by atoms with van der Waals surface area (Å²) < 4.78 is 5.56. The molecule has 224 valence electrons. The standard InChI is InChI=1S/C38H55NO2/c1-5-6-7-8-9-10-25-38(29-39)26-22-35(23-27-38)34-16-14-32(15-17-34)33-18-20-36(21-19-33)37(40)41-28-24-31(4)13-11-12-30(2)3/h14-21,30-31,35H,5-13,22-28H2,1-4H3/t31-,35?,38?/m1/s1. The van der Waals surface area contributed by atoms with Gasteiger partial charge < -0.3 is 4.74 Å². The highest BCUT2D eigenvalue weighted by Crippen LogP contribution is 2.46. The first kappa shape index (κ1) is 32.9. The van der Waals surface area contributed by atoms with E-state index in [1.54, 1.807) is 0 Å². The van der Waals surface area contributed by atoms with Crippen LogP contribution >= 0.6 is 0 Å². The number of hydrogen-bond acceptors (Lipinski definition) is 3. The lowest BCUT2D eigenvalue weighted by Crippen LogP contribution is -2.25. The van der Waals surface area contributed by atoms with Gasteiger partial charge in [0, 0.05) is 0 Å². The molecule has 0 radical (unpaired) electrons. The van der Waals surface area contributed by atoms with Gasteiger partial charge in [0.1, 0.15) is 0 Å². The van der Waals surface area contributed by atoms with Crippen LogP contribution in [0.25, 0.3) is 11.1 Å². The van der Waals surface area contributed by atoms with Crippen LogP contribution < -0.4 is 0 Å². The third-order valence-electron chi connectivity index (χ3n) is 9.35. The molecule has 41 heavy (non-hydrogen) atoms. The summed E-state index contributed by atoms with van der Waals surface area (Å²) in [6.07, 6.45) is 17.7. The Kier molecular flexibility index (Phi) is 13.9. The van der Waals surface area contributed by atoms with Crippen molar-refractivity contribution in [3.05, 3.63) is 59.7 Å². The molecule has 0 amide bonds. The van der Waals surface area contributed by atoms with Crippen molar-refractivity contribution in [2.24, 2.45) is 17.3 Å². The topological polar surface area (TPSA) is 50.1 Å². The van der Waals surface area contributed by atoms with Crippen LogP contribution in [0.4, 0.5) is 0 Å². The summed E-state index contributed by atoms with van der Waals surface area (Å²) in [5.74, 6) is 1.65. The number of hydrogen-bond donors (Lipinski definition) is 0. The van der Waals surface area contributed by atoms with Gasteiger partial charge in [-0.25, -0.2) is 4.79 Å². The fraction of sp³-hybridized carbons (Fsp3) is 0.632. The number of esters is 1. The highest BCUT2D eigenvalue weighted by atomic mass is 16.5. The van der Waals surface area contributed by atoms with Gasteiger partial charge in [0.15, 0.2) is 0 Å². The van der Waals surface area contributed by atoms with Crippen LogP contribution in [0.1, 0.15) is 146 Å². The molecule has 1 atom stereocenters. The molecule has 0 aromatic heterocycles. The zero-order chi connectivity index (χ0) is 29.5. The van der Waals surface area contributed by atoms with E-state index >= 15 is 0 Å². The molecule has 0 N–H and O–H groups in total. The molecule has 0 unspecified atom stereocenters. The van der Waals surface area contributed by atoms with E-state index in [0.29, 0.717) is 24.0 Å². The average molecular weight is 558 g/mol. The predicted molar refractivity (Wildman–Crippen MR) is 172 cm³/mol. The molecule has 1 saturated carbocycles. The maximum absolute atomic E-state index is 12.5. The van der Waals surface area contributed by atoms with Crippen LogP contribution in [0.3, 0.4) is 0 Å². The second kappa shape index (κ2) is 17.4. The van der Waals surface area contributed by atoms with Gasteiger partial charge >= 0.3 is 5.97 Å². The van der Waals surface area contributed by atoms with Gasteiger partial charge in [-0.15, -0.1) is 0 Å². The van der Waals surface area contributed by atoms with Crippen molar-refractivity contribution in [2.45, 2.75) is 130 Å². The van der Waals surface area contributed by atoms with Gasteiger partial charge in [-0.1, -0.05) is 122 Å². The van der Waals surface area contributed by atoms with Crippen LogP contribution in [0.2, 0.25) is 0 Å². The molecule has 0 bridgehead atoms. The van der Waals surface area contributed by atoms with Crippen molar-refractivity contribution in [3.63, 3.8) is 0 Å². The first-order valence-electron chi connectivity index (χ1n) is 16.6. The summed E-state index contributed by atoms with van der Waals surface area (Å²) in [6.45, 7) is 9.52. The molecule has 0 heterocycles. The molecule has 3 heteroatoms. The minimum absolute atomic E-state index is 0.101. The average Bonchev–Trinajstić information content (AvgIpc) is 2.99. The van der Waals surface area contributed by atoms with Crippen molar-refractivity contribution in [3.8, 4) is 17.2 Å². The van der Waals surface area contributed by atoms with Crippen molar-refractivity contribution >= 4 is 5.97 Å². The second-order valence-corrected chi connectivity index (χ2v) is 13.2. The fourth-order valence-corrected chi connectivity index (χ4v) is 6.37. The van der Waals surface area contributed by atoms with E-state index < -0.39 is 0 Å². The van der Waals surface area contributed by atoms with Crippen LogP contribution in [-0.4, -0.2) is 12.6 Å². The highest BCUT2D eigenvalue weighted by Gasteiger charge is 2.35. The van der Waals surface area contributed by atoms with Crippen molar-refractivity contribution < 1.29 is 9.53 Å². The van der Waals surface area contributed by atoms with Crippen molar-refractivity contribution in [1.29, 1.82) is 5.26 Å². The first-order chi connectivity index (χ1) is 19.9. The number of ether oxygens (including phenoxy) is 1. The summed E-state index contributed by atoms with van der Waals surface area (Å²) in [7, 11) is 0. The lowest BCUT2D eigenvalue weighted by atomic mass is 9.67. The monoisotopic (exact) mass is 557 g/mol. The van der Waals surface area contributed by atoms with E-state index in [0.717, 1.165) is 55.6 Å². The molecular weight excluding hydrogens is 502 g/mol. The lowest BCUT2D eigenvalue weighted by Gasteiger charge is -2.35. The van der Waals surface area contributed by atoms with E-state index in [-0.39, 0.29) is 11.4 Å². The minimum atomic E-state index is -0.233. The molecule has 0 aliphatic heterocycles. The van der Waals surface area contributed by atoms with Crippen molar-refractivity contribution in [1.82, 2.24) is 0 Å². The summed E-state index contributed by atoms with van der Waals surface area (Å²) in [5.41, 5.74) is 4.17. The Morgan fingerprint density at radius 1 is 0.854 bits per heavy atom. The molecule has 3 nitrogen and oxygen atoms in total. The first-order valence-corrected chi connectivity index (χ1v) is 16.6.